The van der Waals surface area contributed by atoms with Crippen molar-refractivity contribution >= 4 is 11.6 Å². The van der Waals surface area contributed by atoms with E-state index in [9.17, 15) is 33.8 Å². The molecule has 1 aromatic rings. The Kier molecular flexibility index (Phi) is 17.2. The molecule has 0 aliphatic carbocycles. The summed E-state index contributed by atoms with van der Waals surface area (Å²) in [6.45, 7) is 4.36. The molecule has 43 heavy (non-hydrogen) atoms. The van der Waals surface area contributed by atoms with Gasteiger partial charge < -0.3 is 14.9 Å². The summed E-state index contributed by atoms with van der Waals surface area (Å²) in [7, 11) is 0. The molecular formula is C33H55FN2O7. The van der Waals surface area contributed by atoms with Crippen molar-refractivity contribution in [2.45, 2.75) is 173 Å². The number of H-pyrrole nitrogens is 1. The number of hydrogen-bond acceptors (Lipinski definition) is 7. The Morgan fingerprint density at radius 3 is 1.93 bits per heavy atom. The maximum absolute atomic E-state index is 14.0. The van der Waals surface area contributed by atoms with Crippen molar-refractivity contribution in [2.75, 3.05) is 0 Å². The van der Waals surface area contributed by atoms with E-state index in [1.165, 1.54) is 51.4 Å². The third-order valence-electron chi connectivity index (χ3n) is 8.61. The minimum absolute atomic E-state index is 0.00935. The van der Waals surface area contributed by atoms with Gasteiger partial charge in [-0.15, -0.1) is 0 Å². The van der Waals surface area contributed by atoms with E-state index < -0.39 is 59.1 Å². The lowest BCUT2D eigenvalue weighted by atomic mass is 9.83. The number of unbranched alkanes of at least 4 members (excludes halogenated alkanes) is 16. The molecule has 0 amide bonds. The number of halogens is 1. The summed E-state index contributed by atoms with van der Waals surface area (Å²) >= 11 is 0. The van der Waals surface area contributed by atoms with E-state index in [4.69, 9.17) is 4.74 Å². The van der Waals surface area contributed by atoms with Gasteiger partial charge in [0.05, 0.1) is 6.20 Å². The number of aromatic nitrogens is 2. The fourth-order valence-electron chi connectivity index (χ4n) is 5.87. The largest absolute Gasteiger partial charge is 0.385 e. The number of aliphatic hydroxyl groups excluding tert-OH is 1. The highest BCUT2D eigenvalue weighted by atomic mass is 19.1. The van der Waals surface area contributed by atoms with Gasteiger partial charge in [-0.2, -0.15) is 4.39 Å². The zero-order chi connectivity index (χ0) is 31.7. The summed E-state index contributed by atoms with van der Waals surface area (Å²) in [6, 6.07) is 0. The number of nitrogens with one attached hydrogen (secondary N) is 1. The van der Waals surface area contributed by atoms with E-state index in [0.29, 0.717) is 19.0 Å². The van der Waals surface area contributed by atoms with Crippen LogP contribution in [0.2, 0.25) is 0 Å². The standard InChI is InChI=1S/C33H55FN2O7/c1-3-5-7-9-11-13-15-17-19-21-26(37)29(39)30-33(42,27(38)22-20-18-16-14-12-10-8-6-4-2)23-28(43-30)36-24-25(34)31(40)35-32(36)41/h24,26,28,30,37,42H,3-23H2,1-2H3,(H,35,40,41)/t26?,28-,30-,33-/m1/s1. The van der Waals surface area contributed by atoms with Gasteiger partial charge in [0, 0.05) is 12.8 Å². The monoisotopic (exact) mass is 610 g/mol. The van der Waals surface area contributed by atoms with Crippen LogP contribution in [0.15, 0.2) is 15.8 Å². The minimum atomic E-state index is -2.28. The van der Waals surface area contributed by atoms with Crippen molar-refractivity contribution in [1.82, 2.24) is 9.55 Å². The summed E-state index contributed by atoms with van der Waals surface area (Å²) in [5.41, 5.74) is -4.48. The molecule has 4 atom stereocenters. The van der Waals surface area contributed by atoms with Crippen LogP contribution in [0.3, 0.4) is 0 Å². The van der Waals surface area contributed by atoms with Crippen molar-refractivity contribution in [3.05, 3.63) is 32.9 Å². The molecule has 2 heterocycles. The maximum atomic E-state index is 14.0. The molecule has 0 bridgehead atoms. The lowest BCUT2D eigenvalue weighted by Gasteiger charge is -2.27. The Balaban J connectivity index is 1.99. The second-order valence-electron chi connectivity index (χ2n) is 12.3. The van der Waals surface area contributed by atoms with Crippen LogP contribution >= 0.6 is 0 Å². The third-order valence-corrected chi connectivity index (χ3v) is 8.61. The number of carbonyl (C=O) groups excluding carboxylic acids is 2. The Hall–Kier alpha value is -2.17. The van der Waals surface area contributed by atoms with Gasteiger partial charge in [-0.25, -0.2) is 4.79 Å². The highest BCUT2D eigenvalue weighted by Gasteiger charge is 2.56. The number of hydrogen-bond donors (Lipinski definition) is 3. The number of nitrogens with zero attached hydrogens (tertiary/aromatic N) is 1. The summed E-state index contributed by atoms with van der Waals surface area (Å²) in [6.07, 6.45) is 14.8. The molecule has 1 unspecified atom stereocenters. The van der Waals surface area contributed by atoms with Crippen molar-refractivity contribution in [3.63, 3.8) is 0 Å². The topological polar surface area (TPSA) is 139 Å². The van der Waals surface area contributed by atoms with Crippen molar-refractivity contribution in [3.8, 4) is 0 Å². The lowest BCUT2D eigenvalue weighted by molar-refractivity contribution is -0.159. The van der Waals surface area contributed by atoms with Gasteiger partial charge in [0.25, 0.3) is 5.56 Å². The molecule has 3 N–H and O–H groups in total. The predicted octanol–water partition coefficient (Wildman–Crippen LogP) is 6.04. The Bertz CT molecular complexity index is 1090. The molecule has 0 radical (unpaired) electrons. The SMILES string of the molecule is CCCCCCCCCCCC(=O)[C@]1(O)C[C@H](n2cc(F)c(=O)[nH]c2=O)O[C@@H]1C(=O)C(O)CCCCCCCCCCC. The number of aromatic amines is 1. The quantitative estimate of drug-likeness (QED) is 0.121. The van der Waals surface area contributed by atoms with Crippen LogP contribution in [-0.2, 0) is 14.3 Å². The van der Waals surface area contributed by atoms with E-state index in [1.54, 1.807) is 0 Å². The molecule has 1 saturated heterocycles. The fourth-order valence-corrected chi connectivity index (χ4v) is 5.87. The Labute approximate surface area is 255 Å². The summed E-state index contributed by atoms with van der Waals surface area (Å²) in [5.74, 6) is -2.68. The van der Waals surface area contributed by atoms with Gasteiger partial charge in [0.2, 0.25) is 5.82 Å². The normalized spacial score (nSPS) is 20.9. The lowest BCUT2D eigenvalue weighted by Crippen LogP contribution is -2.52. The second-order valence-corrected chi connectivity index (χ2v) is 12.3. The summed E-state index contributed by atoms with van der Waals surface area (Å²) in [5, 5.41) is 22.3. The zero-order valence-corrected chi connectivity index (χ0v) is 26.4. The van der Waals surface area contributed by atoms with Crippen LogP contribution in [-0.4, -0.2) is 49.1 Å². The first-order chi connectivity index (χ1) is 20.7. The Morgan fingerprint density at radius 2 is 1.40 bits per heavy atom. The molecule has 9 nitrogen and oxygen atoms in total. The van der Waals surface area contributed by atoms with Gasteiger partial charge >= 0.3 is 5.69 Å². The van der Waals surface area contributed by atoms with Gasteiger partial charge in [-0.3, -0.25) is 23.9 Å². The molecule has 0 spiro atoms. The molecule has 0 aromatic carbocycles. The second kappa shape index (κ2) is 20.0. The number of Topliss-reactive ketones (excluding diaryl/α,β-unsaturated/α-hetero) is 2. The van der Waals surface area contributed by atoms with Crippen molar-refractivity contribution < 1.29 is 28.9 Å². The van der Waals surface area contributed by atoms with Crippen LogP contribution in [0.25, 0.3) is 0 Å². The maximum Gasteiger partial charge on any atom is 0.330 e. The van der Waals surface area contributed by atoms with Crippen LogP contribution in [0, 0.1) is 5.82 Å². The first-order valence-electron chi connectivity index (χ1n) is 16.8. The molecule has 1 aromatic heterocycles. The third kappa shape index (κ3) is 12.0. The van der Waals surface area contributed by atoms with Crippen LogP contribution < -0.4 is 11.2 Å². The molecule has 1 aliphatic heterocycles. The Morgan fingerprint density at radius 1 is 0.907 bits per heavy atom. The van der Waals surface area contributed by atoms with Gasteiger partial charge in [-0.05, 0) is 12.8 Å². The number of rotatable bonds is 24. The first-order valence-corrected chi connectivity index (χ1v) is 16.8. The number of ketones is 2. The summed E-state index contributed by atoms with van der Waals surface area (Å²) < 4.78 is 20.5. The summed E-state index contributed by atoms with van der Waals surface area (Å²) in [4.78, 5) is 52.4. The van der Waals surface area contributed by atoms with E-state index >= 15 is 0 Å². The van der Waals surface area contributed by atoms with Crippen LogP contribution in [0.5, 0.6) is 0 Å². The average molecular weight is 611 g/mol. The van der Waals surface area contributed by atoms with Crippen molar-refractivity contribution in [2.24, 2.45) is 0 Å². The van der Waals surface area contributed by atoms with Gasteiger partial charge in [0.15, 0.2) is 23.3 Å². The molecule has 2 rings (SSSR count). The minimum Gasteiger partial charge on any atom is -0.385 e. The van der Waals surface area contributed by atoms with Crippen LogP contribution in [0.1, 0.15) is 155 Å². The molecule has 1 aliphatic rings. The highest BCUT2D eigenvalue weighted by Crippen LogP contribution is 2.39. The smallest absolute Gasteiger partial charge is 0.330 e. The molecule has 10 heteroatoms. The number of aliphatic hydroxyl groups is 2. The van der Waals surface area contributed by atoms with Gasteiger partial charge in [-0.1, -0.05) is 123 Å². The van der Waals surface area contributed by atoms with E-state index in [2.05, 4.69) is 13.8 Å². The molecule has 1 fully saturated rings. The molecule has 0 saturated carbocycles. The molecule has 246 valence electrons. The predicted molar refractivity (Wildman–Crippen MR) is 164 cm³/mol. The number of ether oxygens (including phenoxy) is 1. The molecular weight excluding hydrogens is 555 g/mol. The first kappa shape index (κ1) is 37.0. The van der Waals surface area contributed by atoms with Crippen molar-refractivity contribution in [1.29, 1.82) is 0 Å². The highest BCUT2D eigenvalue weighted by molar-refractivity contribution is 5.98. The number of carbonyl (C=O) groups is 2. The van der Waals surface area contributed by atoms with E-state index in [-0.39, 0.29) is 12.8 Å². The van der Waals surface area contributed by atoms with E-state index in [1.807, 2.05) is 4.98 Å². The zero-order valence-electron chi connectivity index (χ0n) is 26.4. The van der Waals surface area contributed by atoms with Gasteiger partial charge in [0.1, 0.15) is 12.3 Å². The van der Waals surface area contributed by atoms with E-state index in [0.717, 1.165) is 55.9 Å². The van der Waals surface area contributed by atoms with Crippen LogP contribution in [0.4, 0.5) is 4.39 Å². The fraction of sp³-hybridized carbons (Fsp3) is 0.818. The average Bonchev–Trinajstić information content (AvgIpc) is 3.34.